The molecule has 1 saturated heterocycles. The number of carbonyl (C=O) groups is 2. The fourth-order valence-corrected chi connectivity index (χ4v) is 6.65. The summed E-state index contributed by atoms with van der Waals surface area (Å²) in [6, 6.07) is 5.90. The minimum atomic E-state index is -0.183. The van der Waals surface area contributed by atoms with Crippen LogP contribution in [0.3, 0.4) is 0 Å². The van der Waals surface area contributed by atoms with Crippen molar-refractivity contribution >= 4 is 11.9 Å². The first-order valence-corrected chi connectivity index (χ1v) is 10.4. The number of aromatic nitrogens is 1. The molecular formula is C22H28N2O3. The smallest absolute Gasteiger partial charge is 0.410 e. The van der Waals surface area contributed by atoms with E-state index in [-0.39, 0.29) is 23.7 Å². The lowest BCUT2D eigenvalue weighted by molar-refractivity contribution is -0.161. The maximum atomic E-state index is 13.0. The zero-order chi connectivity index (χ0) is 18.6. The van der Waals surface area contributed by atoms with Crippen molar-refractivity contribution in [1.82, 2.24) is 9.88 Å². The van der Waals surface area contributed by atoms with Crippen LogP contribution in [0.25, 0.3) is 0 Å². The summed E-state index contributed by atoms with van der Waals surface area (Å²) >= 11 is 0. The molecule has 3 atom stereocenters. The molecule has 1 amide bonds. The van der Waals surface area contributed by atoms with Crippen molar-refractivity contribution in [3.05, 3.63) is 30.1 Å². The lowest BCUT2D eigenvalue weighted by atomic mass is 9.47. The second-order valence-corrected chi connectivity index (χ2v) is 9.26. The molecule has 5 aliphatic rings. The van der Waals surface area contributed by atoms with Crippen LogP contribution in [0.1, 0.15) is 63.6 Å². The molecule has 27 heavy (non-hydrogen) atoms. The number of pyridine rings is 1. The van der Waals surface area contributed by atoms with Gasteiger partial charge in [-0.15, -0.1) is 0 Å². The van der Waals surface area contributed by atoms with Gasteiger partial charge in [0.25, 0.3) is 0 Å². The lowest BCUT2D eigenvalue weighted by Crippen LogP contribution is -2.57. The summed E-state index contributed by atoms with van der Waals surface area (Å²) in [5, 5.41) is 0. The third-order valence-corrected chi connectivity index (χ3v) is 7.69. The van der Waals surface area contributed by atoms with Gasteiger partial charge in [0, 0.05) is 18.2 Å². The highest BCUT2D eigenvalue weighted by atomic mass is 16.6. The van der Waals surface area contributed by atoms with Crippen molar-refractivity contribution in [2.45, 2.75) is 64.0 Å². The summed E-state index contributed by atoms with van der Waals surface area (Å²) in [6.45, 7) is 2.50. The van der Waals surface area contributed by atoms with E-state index in [1.807, 2.05) is 23.1 Å². The Morgan fingerprint density at radius 1 is 1.19 bits per heavy atom. The predicted molar refractivity (Wildman–Crippen MR) is 99.9 cm³/mol. The number of ketones is 1. The van der Waals surface area contributed by atoms with E-state index in [2.05, 4.69) is 4.98 Å². The predicted octanol–water partition coefficient (Wildman–Crippen LogP) is 4.14. The molecule has 4 aliphatic carbocycles. The van der Waals surface area contributed by atoms with Crippen molar-refractivity contribution in [2.24, 2.45) is 23.2 Å². The van der Waals surface area contributed by atoms with Crippen LogP contribution in [0, 0.1) is 23.2 Å². The summed E-state index contributed by atoms with van der Waals surface area (Å²) in [5.41, 5.74) is 0.830. The van der Waals surface area contributed by atoms with Crippen molar-refractivity contribution in [3.63, 3.8) is 0 Å². The van der Waals surface area contributed by atoms with Crippen molar-refractivity contribution in [2.75, 3.05) is 6.54 Å². The van der Waals surface area contributed by atoms with Crippen molar-refractivity contribution in [3.8, 4) is 0 Å². The van der Waals surface area contributed by atoms with Crippen LogP contribution in [0.5, 0.6) is 0 Å². The van der Waals surface area contributed by atoms with E-state index in [9.17, 15) is 9.59 Å². The molecule has 6 rings (SSSR count). The molecule has 3 unspecified atom stereocenters. The first-order chi connectivity index (χ1) is 13.1. The van der Waals surface area contributed by atoms with Crippen LogP contribution in [0.4, 0.5) is 4.79 Å². The Kier molecular flexibility index (Phi) is 4.03. The fourth-order valence-electron chi connectivity index (χ4n) is 6.65. The molecule has 5 fully saturated rings. The SMILES string of the molecule is CC(=O)C12CC3CC(C1)C(OC(=O)N1CCCC1c1ccccn1)C(C3)C2. The number of hydrogen-bond acceptors (Lipinski definition) is 4. The molecule has 0 aromatic carbocycles. The summed E-state index contributed by atoms with van der Waals surface area (Å²) < 4.78 is 6.14. The van der Waals surface area contributed by atoms with Gasteiger partial charge in [0.05, 0.1) is 11.7 Å². The third-order valence-electron chi connectivity index (χ3n) is 7.69. The molecule has 4 saturated carbocycles. The number of rotatable bonds is 3. The van der Waals surface area contributed by atoms with Crippen LogP contribution < -0.4 is 0 Å². The first kappa shape index (κ1) is 17.2. The Bertz CT molecular complexity index is 733. The van der Waals surface area contributed by atoms with Crippen LogP contribution in [-0.4, -0.2) is 34.4 Å². The molecule has 0 N–H and O–H groups in total. The molecule has 1 aromatic heterocycles. The topological polar surface area (TPSA) is 59.5 Å². The number of carbonyl (C=O) groups excluding carboxylic acids is 2. The van der Waals surface area contributed by atoms with E-state index in [1.165, 1.54) is 0 Å². The van der Waals surface area contributed by atoms with E-state index in [4.69, 9.17) is 4.74 Å². The number of likely N-dealkylation sites (tertiary alicyclic amines) is 1. The third kappa shape index (κ3) is 2.77. The highest BCUT2D eigenvalue weighted by Crippen LogP contribution is 2.61. The molecule has 2 heterocycles. The number of nitrogens with zero attached hydrogens (tertiary/aromatic N) is 2. The Morgan fingerprint density at radius 3 is 2.63 bits per heavy atom. The van der Waals surface area contributed by atoms with Gasteiger partial charge in [-0.25, -0.2) is 4.79 Å². The summed E-state index contributed by atoms with van der Waals surface area (Å²) in [4.78, 5) is 31.7. The maximum Gasteiger partial charge on any atom is 0.410 e. The molecule has 4 bridgehead atoms. The average Bonchev–Trinajstić information content (AvgIpc) is 3.14. The fraction of sp³-hybridized carbons (Fsp3) is 0.682. The van der Waals surface area contributed by atoms with Crippen LogP contribution in [0.2, 0.25) is 0 Å². The minimum absolute atomic E-state index is 0.00786. The minimum Gasteiger partial charge on any atom is -0.445 e. The molecule has 144 valence electrons. The molecule has 1 aliphatic heterocycles. The summed E-state index contributed by atoms with van der Waals surface area (Å²) in [6.07, 6.45) is 8.65. The van der Waals surface area contributed by atoms with Crippen LogP contribution in [-0.2, 0) is 9.53 Å². The van der Waals surface area contributed by atoms with E-state index in [1.54, 1.807) is 13.1 Å². The standard InChI is InChI=1S/C22H28N2O3/c1-14(25)22-11-15-9-16(12-22)20(17(10-15)13-22)27-21(26)24-8-4-6-19(24)18-5-2-3-7-23-18/h2-3,5,7,15-17,19-20H,4,6,8-13H2,1H3. The van der Waals surface area contributed by atoms with Gasteiger partial charge in [0.1, 0.15) is 11.9 Å². The van der Waals surface area contributed by atoms with Crippen molar-refractivity contribution in [1.29, 1.82) is 0 Å². The zero-order valence-electron chi connectivity index (χ0n) is 16.0. The highest BCUT2D eigenvalue weighted by molar-refractivity contribution is 5.83. The Balaban J connectivity index is 1.31. The normalized spacial score (nSPS) is 39.6. The van der Waals surface area contributed by atoms with Crippen LogP contribution in [0.15, 0.2) is 24.4 Å². The van der Waals surface area contributed by atoms with Gasteiger partial charge in [0.2, 0.25) is 0 Å². The quantitative estimate of drug-likeness (QED) is 0.804. The number of ether oxygens (including phenoxy) is 1. The summed E-state index contributed by atoms with van der Waals surface area (Å²) in [7, 11) is 0. The molecule has 5 nitrogen and oxygen atoms in total. The second kappa shape index (κ2) is 6.32. The van der Waals surface area contributed by atoms with Gasteiger partial charge in [-0.2, -0.15) is 0 Å². The van der Waals surface area contributed by atoms with Gasteiger partial charge in [-0.3, -0.25) is 14.7 Å². The maximum absolute atomic E-state index is 13.0. The van der Waals surface area contributed by atoms with E-state index < -0.39 is 0 Å². The number of hydrogen-bond donors (Lipinski definition) is 0. The molecule has 5 heteroatoms. The highest BCUT2D eigenvalue weighted by Gasteiger charge is 2.58. The first-order valence-electron chi connectivity index (χ1n) is 10.4. The largest absolute Gasteiger partial charge is 0.445 e. The Labute approximate surface area is 160 Å². The van der Waals surface area contributed by atoms with Crippen molar-refractivity contribution < 1.29 is 14.3 Å². The van der Waals surface area contributed by atoms with Gasteiger partial charge in [-0.05, 0) is 81.8 Å². The Hall–Kier alpha value is -1.91. The molecule has 1 aromatic rings. The van der Waals surface area contributed by atoms with Gasteiger partial charge >= 0.3 is 6.09 Å². The monoisotopic (exact) mass is 368 g/mol. The number of Topliss-reactive ketones (excluding diaryl/α,β-unsaturated/α-hetero) is 1. The van der Waals surface area contributed by atoms with E-state index in [0.29, 0.717) is 23.5 Å². The lowest BCUT2D eigenvalue weighted by Gasteiger charge is -2.58. The molecular weight excluding hydrogens is 340 g/mol. The average molecular weight is 368 g/mol. The molecule has 0 spiro atoms. The van der Waals surface area contributed by atoms with Gasteiger partial charge in [-0.1, -0.05) is 6.07 Å². The molecule has 0 radical (unpaired) electrons. The summed E-state index contributed by atoms with van der Waals surface area (Å²) in [5.74, 6) is 1.72. The second-order valence-electron chi connectivity index (χ2n) is 9.26. The Morgan fingerprint density at radius 2 is 1.96 bits per heavy atom. The van der Waals surface area contributed by atoms with Gasteiger partial charge in [0.15, 0.2) is 0 Å². The van der Waals surface area contributed by atoms with E-state index >= 15 is 0 Å². The van der Waals surface area contributed by atoms with Crippen LogP contribution >= 0.6 is 0 Å². The van der Waals surface area contributed by atoms with E-state index in [0.717, 1.165) is 57.2 Å². The number of amides is 1. The van der Waals surface area contributed by atoms with Gasteiger partial charge < -0.3 is 4.74 Å². The zero-order valence-corrected chi connectivity index (χ0v) is 16.0.